The quantitative estimate of drug-likeness (QED) is 0.816. The molecule has 1 fully saturated rings. The summed E-state index contributed by atoms with van der Waals surface area (Å²) in [4.78, 5) is 32.2. The van der Waals surface area contributed by atoms with Gasteiger partial charge in [-0.2, -0.15) is 5.10 Å². The molecule has 0 aromatic carbocycles. The zero-order chi connectivity index (χ0) is 17.2. The number of nitrogens with zero attached hydrogens (tertiary/aromatic N) is 4. The third kappa shape index (κ3) is 3.25. The molecular weight excluding hydrogens is 320 g/mol. The van der Waals surface area contributed by atoms with Gasteiger partial charge in [-0.1, -0.05) is 0 Å². The van der Waals surface area contributed by atoms with Gasteiger partial charge in [0.05, 0.1) is 6.54 Å². The minimum absolute atomic E-state index is 0.0984. The van der Waals surface area contributed by atoms with Crippen molar-refractivity contribution in [1.82, 2.24) is 30.3 Å². The van der Waals surface area contributed by atoms with Gasteiger partial charge in [0.1, 0.15) is 0 Å². The molecule has 130 valence electrons. The van der Waals surface area contributed by atoms with Gasteiger partial charge in [0, 0.05) is 62.8 Å². The van der Waals surface area contributed by atoms with E-state index in [2.05, 4.69) is 25.4 Å². The number of fused-ring (bicyclic) bond motifs is 1. The number of pyridine rings is 1. The summed E-state index contributed by atoms with van der Waals surface area (Å²) in [7, 11) is 0. The number of aromatic amines is 1. The van der Waals surface area contributed by atoms with E-state index in [0.717, 1.165) is 30.8 Å². The topological polar surface area (TPSA) is 94.2 Å². The van der Waals surface area contributed by atoms with Crippen LogP contribution in [0.3, 0.4) is 0 Å². The molecule has 2 aliphatic rings. The van der Waals surface area contributed by atoms with Crippen molar-refractivity contribution in [2.24, 2.45) is 0 Å². The molecule has 25 heavy (non-hydrogen) atoms. The summed E-state index contributed by atoms with van der Waals surface area (Å²) < 4.78 is 0. The Hall–Kier alpha value is -2.74. The molecule has 0 radical (unpaired) electrons. The van der Waals surface area contributed by atoms with E-state index in [1.54, 1.807) is 17.3 Å². The number of carbonyl (C=O) groups is 2. The fourth-order valence-corrected chi connectivity index (χ4v) is 3.37. The summed E-state index contributed by atoms with van der Waals surface area (Å²) in [5, 5.41) is 10.00. The van der Waals surface area contributed by atoms with Crippen molar-refractivity contribution < 1.29 is 9.59 Å². The van der Waals surface area contributed by atoms with Crippen molar-refractivity contribution in [3.63, 3.8) is 0 Å². The lowest BCUT2D eigenvalue weighted by atomic mass is 10.0. The van der Waals surface area contributed by atoms with Crippen LogP contribution < -0.4 is 5.32 Å². The molecule has 0 unspecified atom stereocenters. The molecule has 2 amide bonds. The monoisotopic (exact) mass is 340 g/mol. The molecule has 0 aliphatic carbocycles. The van der Waals surface area contributed by atoms with E-state index in [-0.39, 0.29) is 18.4 Å². The summed E-state index contributed by atoms with van der Waals surface area (Å²) in [6.07, 6.45) is 4.42. The van der Waals surface area contributed by atoms with Crippen molar-refractivity contribution in [2.75, 3.05) is 26.2 Å². The summed E-state index contributed by atoms with van der Waals surface area (Å²) >= 11 is 0. The second kappa shape index (κ2) is 6.64. The standard InChI is InChI=1S/C17H20N6O2/c24-15-11-23(8-6-19-15)17(25)16-13-10-22(7-3-14(13)20-21-16)9-12-1-4-18-5-2-12/h1-2,4-5H,3,6-11H2,(H,19,24)(H,20,21). The molecule has 4 heterocycles. The Morgan fingerprint density at radius 1 is 1.20 bits per heavy atom. The first-order valence-electron chi connectivity index (χ1n) is 8.44. The molecule has 2 aliphatic heterocycles. The van der Waals surface area contributed by atoms with Crippen LogP contribution in [0.5, 0.6) is 0 Å². The second-order valence-electron chi connectivity index (χ2n) is 6.42. The number of nitrogens with one attached hydrogen (secondary N) is 2. The minimum atomic E-state index is -0.168. The maximum Gasteiger partial charge on any atom is 0.275 e. The lowest BCUT2D eigenvalue weighted by molar-refractivity contribution is -0.123. The lowest BCUT2D eigenvalue weighted by Gasteiger charge is -2.29. The first-order valence-corrected chi connectivity index (χ1v) is 8.44. The third-order valence-corrected chi connectivity index (χ3v) is 4.70. The van der Waals surface area contributed by atoms with Crippen LogP contribution in [0.2, 0.25) is 0 Å². The Morgan fingerprint density at radius 2 is 2.04 bits per heavy atom. The summed E-state index contributed by atoms with van der Waals surface area (Å²) in [6, 6.07) is 4.01. The molecule has 0 atom stereocenters. The zero-order valence-electron chi connectivity index (χ0n) is 13.9. The van der Waals surface area contributed by atoms with Crippen LogP contribution in [0, 0.1) is 0 Å². The van der Waals surface area contributed by atoms with Crippen LogP contribution in [-0.2, 0) is 24.3 Å². The Kier molecular flexibility index (Phi) is 4.19. The average Bonchev–Trinajstić information content (AvgIpc) is 3.05. The number of hydrogen-bond donors (Lipinski definition) is 2. The number of piperazine rings is 1. The van der Waals surface area contributed by atoms with Crippen molar-refractivity contribution in [3.8, 4) is 0 Å². The van der Waals surface area contributed by atoms with Gasteiger partial charge in [0.15, 0.2) is 5.69 Å². The largest absolute Gasteiger partial charge is 0.353 e. The van der Waals surface area contributed by atoms with Gasteiger partial charge < -0.3 is 10.2 Å². The highest BCUT2D eigenvalue weighted by molar-refractivity contribution is 5.96. The molecule has 8 heteroatoms. The summed E-state index contributed by atoms with van der Waals surface area (Å²) in [6.45, 7) is 3.51. The van der Waals surface area contributed by atoms with Crippen molar-refractivity contribution in [2.45, 2.75) is 19.5 Å². The average molecular weight is 340 g/mol. The van der Waals surface area contributed by atoms with Crippen LogP contribution in [0.25, 0.3) is 0 Å². The summed E-state index contributed by atoms with van der Waals surface area (Å²) in [5.74, 6) is -0.290. The van der Waals surface area contributed by atoms with E-state index in [4.69, 9.17) is 0 Å². The first-order chi connectivity index (χ1) is 12.2. The molecule has 0 spiro atoms. The van der Waals surface area contributed by atoms with Gasteiger partial charge >= 0.3 is 0 Å². The van der Waals surface area contributed by atoms with Crippen molar-refractivity contribution in [3.05, 3.63) is 47.0 Å². The van der Waals surface area contributed by atoms with E-state index in [0.29, 0.717) is 25.3 Å². The molecule has 2 N–H and O–H groups in total. The van der Waals surface area contributed by atoms with E-state index >= 15 is 0 Å². The maximum absolute atomic E-state index is 12.8. The van der Waals surface area contributed by atoms with E-state index in [1.165, 1.54) is 5.56 Å². The second-order valence-corrected chi connectivity index (χ2v) is 6.42. The van der Waals surface area contributed by atoms with Crippen molar-refractivity contribution >= 4 is 11.8 Å². The molecular formula is C17H20N6O2. The van der Waals surface area contributed by atoms with Crippen LogP contribution in [-0.4, -0.2) is 63.0 Å². The highest BCUT2D eigenvalue weighted by Crippen LogP contribution is 2.23. The first kappa shape index (κ1) is 15.8. The van der Waals surface area contributed by atoms with Crippen LogP contribution in [0.15, 0.2) is 24.5 Å². The molecule has 0 saturated carbocycles. The van der Waals surface area contributed by atoms with Crippen molar-refractivity contribution in [1.29, 1.82) is 0 Å². The highest BCUT2D eigenvalue weighted by atomic mass is 16.2. The highest BCUT2D eigenvalue weighted by Gasteiger charge is 2.30. The molecule has 4 rings (SSSR count). The van der Waals surface area contributed by atoms with Gasteiger partial charge in [0.25, 0.3) is 5.91 Å². The van der Waals surface area contributed by atoms with E-state index < -0.39 is 0 Å². The number of H-pyrrole nitrogens is 1. The fourth-order valence-electron chi connectivity index (χ4n) is 3.37. The van der Waals surface area contributed by atoms with Gasteiger partial charge in [-0.25, -0.2) is 0 Å². The summed E-state index contributed by atoms with van der Waals surface area (Å²) in [5.41, 5.74) is 3.62. The molecule has 0 bridgehead atoms. The SMILES string of the molecule is O=C1CN(C(=O)c2n[nH]c3c2CN(Cc2ccncc2)CC3)CCN1. The smallest absolute Gasteiger partial charge is 0.275 e. The number of hydrogen-bond acceptors (Lipinski definition) is 5. The molecule has 2 aromatic rings. The Morgan fingerprint density at radius 3 is 2.84 bits per heavy atom. The Labute approximate surface area is 145 Å². The predicted molar refractivity (Wildman–Crippen MR) is 89.6 cm³/mol. The number of carbonyl (C=O) groups excluding carboxylic acids is 2. The lowest BCUT2D eigenvalue weighted by Crippen LogP contribution is -2.50. The molecule has 1 saturated heterocycles. The minimum Gasteiger partial charge on any atom is -0.353 e. The Bertz CT molecular complexity index is 788. The van der Waals surface area contributed by atoms with E-state index in [1.807, 2.05) is 12.1 Å². The normalized spacial score (nSPS) is 17.9. The number of rotatable bonds is 3. The Balaban J connectivity index is 1.51. The third-order valence-electron chi connectivity index (χ3n) is 4.70. The fraction of sp³-hybridized carbons (Fsp3) is 0.412. The maximum atomic E-state index is 12.8. The predicted octanol–water partition coefficient (Wildman–Crippen LogP) is -0.0650. The van der Waals surface area contributed by atoms with Crippen LogP contribution >= 0.6 is 0 Å². The molecule has 8 nitrogen and oxygen atoms in total. The van der Waals surface area contributed by atoms with Crippen LogP contribution in [0.1, 0.15) is 27.3 Å². The van der Waals surface area contributed by atoms with Gasteiger partial charge in [-0.05, 0) is 17.7 Å². The molecule has 2 aromatic heterocycles. The van der Waals surface area contributed by atoms with Gasteiger partial charge in [0.2, 0.25) is 5.91 Å². The number of aromatic nitrogens is 3. The van der Waals surface area contributed by atoms with Gasteiger partial charge in [-0.3, -0.25) is 24.6 Å². The van der Waals surface area contributed by atoms with E-state index in [9.17, 15) is 9.59 Å². The van der Waals surface area contributed by atoms with Crippen LogP contribution in [0.4, 0.5) is 0 Å². The zero-order valence-corrected chi connectivity index (χ0v) is 13.9. The van der Waals surface area contributed by atoms with Gasteiger partial charge in [-0.15, -0.1) is 0 Å². The number of amides is 2.